The number of halogens is 3. The van der Waals surface area contributed by atoms with Gasteiger partial charge < -0.3 is 9.64 Å². The highest BCUT2D eigenvalue weighted by atomic mass is 35.5. The lowest BCUT2D eigenvalue weighted by molar-refractivity contribution is -0.132. The lowest BCUT2D eigenvalue weighted by Gasteiger charge is -2.29. The van der Waals surface area contributed by atoms with Crippen molar-refractivity contribution >= 4 is 50.5 Å². The second-order valence-electron chi connectivity index (χ2n) is 8.91. The lowest BCUT2D eigenvalue weighted by Crippen LogP contribution is -2.45. The Bertz CT molecular complexity index is 1340. The molecule has 2 aromatic carbocycles. The van der Waals surface area contributed by atoms with Gasteiger partial charge in [0.1, 0.15) is 10.7 Å². The van der Waals surface area contributed by atoms with E-state index in [1.807, 2.05) is 18.4 Å². The second-order valence-corrected chi connectivity index (χ2v) is 12.7. The van der Waals surface area contributed by atoms with Crippen LogP contribution in [0.4, 0.5) is 4.39 Å². The monoisotopic (exact) mass is 584 g/mol. The molecule has 198 valence electrons. The van der Waals surface area contributed by atoms with E-state index in [0.717, 1.165) is 26.7 Å². The van der Waals surface area contributed by atoms with E-state index in [1.165, 1.54) is 41.7 Å². The van der Waals surface area contributed by atoms with Crippen molar-refractivity contribution in [3.05, 3.63) is 85.8 Å². The molecular weight excluding hydrogens is 558 g/mol. The fourth-order valence-corrected chi connectivity index (χ4v) is 7.19. The van der Waals surface area contributed by atoms with Gasteiger partial charge in [-0.05, 0) is 72.7 Å². The summed E-state index contributed by atoms with van der Waals surface area (Å²) in [4.78, 5) is 16.1. The molecule has 0 aliphatic carbocycles. The van der Waals surface area contributed by atoms with E-state index in [-0.39, 0.29) is 40.0 Å². The normalized spacial score (nSPS) is 15.9. The average Bonchev–Trinajstić information content (AvgIpc) is 3.52. The van der Waals surface area contributed by atoms with Crippen LogP contribution in [0.5, 0.6) is 0 Å². The maximum Gasteiger partial charge on any atom is 0.245 e. The predicted molar refractivity (Wildman–Crippen MR) is 144 cm³/mol. The number of amides is 1. The minimum absolute atomic E-state index is 0.0132. The molecule has 0 saturated carbocycles. The Hall–Kier alpha value is -2.01. The van der Waals surface area contributed by atoms with Crippen LogP contribution in [0.15, 0.2) is 58.8 Å². The quantitative estimate of drug-likeness (QED) is 0.297. The van der Waals surface area contributed by atoms with Gasteiger partial charge >= 0.3 is 0 Å². The summed E-state index contributed by atoms with van der Waals surface area (Å²) in [6, 6.07) is 12.1. The fourth-order valence-electron chi connectivity index (χ4n) is 4.11. The summed E-state index contributed by atoms with van der Waals surface area (Å²) < 4.78 is 47.8. The van der Waals surface area contributed by atoms with Crippen LogP contribution in [0.2, 0.25) is 10.0 Å². The maximum absolute atomic E-state index is 13.7. The van der Waals surface area contributed by atoms with Crippen LogP contribution in [-0.4, -0.2) is 49.3 Å². The van der Waals surface area contributed by atoms with E-state index < -0.39 is 22.5 Å². The summed E-state index contributed by atoms with van der Waals surface area (Å²) in [5, 5.41) is 2.18. The van der Waals surface area contributed by atoms with E-state index in [1.54, 1.807) is 17.0 Å². The zero-order valence-electron chi connectivity index (χ0n) is 20.2. The number of carbonyl (C=O) groups excluding carboxylic acids is 1. The van der Waals surface area contributed by atoms with Gasteiger partial charge in [-0.15, -0.1) is 11.3 Å². The topological polar surface area (TPSA) is 66.9 Å². The van der Waals surface area contributed by atoms with Gasteiger partial charge in [0.15, 0.2) is 0 Å². The molecule has 4 rings (SSSR count). The lowest BCUT2D eigenvalue weighted by atomic mass is 10.2. The predicted octanol–water partition coefficient (Wildman–Crippen LogP) is 5.90. The summed E-state index contributed by atoms with van der Waals surface area (Å²) in [5.74, 6) is -0.764. The number of thiophene rings is 1. The highest BCUT2D eigenvalue weighted by Crippen LogP contribution is 2.29. The number of ether oxygens (including phenoxy) is 1. The first kappa shape index (κ1) is 28.0. The Labute approximate surface area is 230 Å². The van der Waals surface area contributed by atoms with Gasteiger partial charge in [0.2, 0.25) is 15.9 Å². The van der Waals surface area contributed by atoms with E-state index >= 15 is 0 Å². The van der Waals surface area contributed by atoms with Crippen molar-refractivity contribution in [1.82, 2.24) is 9.21 Å². The highest BCUT2D eigenvalue weighted by molar-refractivity contribution is 7.89. The van der Waals surface area contributed by atoms with Crippen LogP contribution in [0.1, 0.15) is 28.8 Å². The van der Waals surface area contributed by atoms with E-state index in [9.17, 15) is 17.6 Å². The van der Waals surface area contributed by atoms with Crippen molar-refractivity contribution in [2.24, 2.45) is 0 Å². The first-order valence-electron chi connectivity index (χ1n) is 11.8. The number of aryl methyl sites for hydroxylation is 1. The zero-order valence-corrected chi connectivity index (χ0v) is 23.3. The fraction of sp³-hybridized carbons (Fsp3) is 0.346. The molecule has 1 fully saturated rings. The number of rotatable bonds is 10. The van der Waals surface area contributed by atoms with Crippen LogP contribution < -0.4 is 0 Å². The number of benzene rings is 2. The summed E-state index contributed by atoms with van der Waals surface area (Å²) in [7, 11) is -4.18. The Kier molecular flexibility index (Phi) is 9.26. The standard InChI is InChI=1S/C26H27Cl2FN2O4S2/c1-18-10-12-36-24(18)16-30(14-19-4-7-21(29)8-5-19)26(32)17-31(15-22-3-2-11-35-22)37(33,34)25-13-20(27)6-9-23(25)28/h4-10,12-13,22H,2-3,11,14-17H2,1H3/t22-/m1/s1. The third kappa shape index (κ3) is 7.10. The Morgan fingerprint density at radius 3 is 2.54 bits per heavy atom. The largest absolute Gasteiger partial charge is 0.377 e. The maximum atomic E-state index is 13.7. The first-order valence-corrected chi connectivity index (χ1v) is 14.8. The van der Waals surface area contributed by atoms with E-state index in [4.69, 9.17) is 27.9 Å². The van der Waals surface area contributed by atoms with Crippen molar-refractivity contribution in [1.29, 1.82) is 0 Å². The molecule has 6 nitrogen and oxygen atoms in total. The number of hydrogen-bond donors (Lipinski definition) is 0. The molecule has 1 atom stereocenters. The highest BCUT2D eigenvalue weighted by Gasteiger charge is 2.33. The first-order chi connectivity index (χ1) is 17.6. The van der Waals surface area contributed by atoms with Crippen LogP contribution >= 0.6 is 34.5 Å². The molecule has 0 bridgehead atoms. The molecule has 1 amide bonds. The minimum atomic E-state index is -4.18. The molecule has 1 aliphatic rings. The van der Waals surface area contributed by atoms with E-state index in [2.05, 4.69) is 0 Å². The minimum Gasteiger partial charge on any atom is -0.377 e. The summed E-state index contributed by atoms with van der Waals surface area (Å²) in [6.07, 6.45) is 1.18. The molecule has 1 aromatic heterocycles. The number of sulfonamides is 1. The van der Waals surface area contributed by atoms with Gasteiger partial charge in [-0.3, -0.25) is 4.79 Å². The van der Waals surface area contributed by atoms with Crippen LogP contribution in [0.25, 0.3) is 0 Å². The summed E-state index contributed by atoms with van der Waals surface area (Å²) in [6.45, 7) is 2.60. The van der Waals surface area contributed by atoms with Gasteiger partial charge in [0.05, 0.1) is 24.2 Å². The molecule has 1 saturated heterocycles. The summed E-state index contributed by atoms with van der Waals surface area (Å²) in [5.41, 5.74) is 1.77. The van der Waals surface area contributed by atoms with Crippen molar-refractivity contribution in [3.63, 3.8) is 0 Å². The van der Waals surface area contributed by atoms with Crippen molar-refractivity contribution in [3.8, 4) is 0 Å². The number of carbonyl (C=O) groups is 1. The molecular formula is C26H27Cl2FN2O4S2. The molecule has 0 radical (unpaired) electrons. The smallest absolute Gasteiger partial charge is 0.245 e. The van der Waals surface area contributed by atoms with Crippen molar-refractivity contribution < 1.29 is 22.3 Å². The van der Waals surface area contributed by atoms with Crippen LogP contribution in [0.3, 0.4) is 0 Å². The average molecular weight is 586 g/mol. The Morgan fingerprint density at radius 1 is 1.14 bits per heavy atom. The third-order valence-electron chi connectivity index (χ3n) is 6.20. The second kappa shape index (κ2) is 12.2. The molecule has 3 aromatic rings. The van der Waals surface area contributed by atoms with Gasteiger partial charge in [0, 0.05) is 29.6 Å². The zero-order chi connectivity index (χ0) is 26.6. The molecule has 0 unspecified atom stereocenters. The van der Waals surface area contributed by atoms with Crippen molar-refractivity contribution in [2.75, 3.05) is 19.7 Å². The molecule has 11 heteroatoms. The molecule has 0 N–H and O–H groups in total. The Morgan fingerprint density at radius 2 is 1.89 bits per heavy atom. The van der Waals surface area contributed by atoms with Gasteiger partial charge in [-0.25, -0.2) is 12.8 Å². The molecule has 1 aliphatic heterocycles. The van der Waals surface area contributed by atoms with Crippen LogP contribution in [0, 0.1) is 12.7 Å². The van der Waals surface area contributed by atoms with Gasteiger partial charge in [-0.1, -0.05) is 35.3 Å². The van der Waals surface area contributed by atoms with Crippen molar-refractivity contribution in [2.45, 2.75) is 43.9 Å². The third-order valence-corrected chi connectivity index (χ3v) is 9.73. The number of nitrogens with zero attached hydrogens (tertiary/aromatic N) is 2. The van der Waals surface area contributed by atoms with Crippen LogP contribution in [-0.2, 0) is 32.6 Å². The molecule has 0 spiro atoms. The summed E-state index contributed by atoms with van der Waals surface area (Å²) >= 11 is 13.9. The van der Waals surface area contributed by atoms with E-state index in [0.29, 0.717) is 19.6 Å². The number of hydrogen-bond acceptors (Lipinski definition) is 5. The Balaban J connectivity index is 1.64. The molecule has 2 heterocycles. The van der Waals surface area contributed by atoms with Gasteiger partial charge in [-0.2, -0.15) is 4.31 Å². The van der Waals surface area contributed by atoms with Gasteiger partial charge in [0.25, 0.3) is 0 Å². The molecule has 37 heavy (non-hydrogen) atoms. The SMILES string of the molecule is Cc1ccsc1CN(Cc1ccc(F)cc1)C(=O)CN(C[C@H]1CCCO1)S(=O)(=O)c1cc(Cl)ccc1Cl.